The molecule has 1 fully saturated rings. The average Bonchev–Trinajstić information content (AvgIpc) is 3.53. The molecule has 5 rings (SSSR count). The minimum atomic E-state index is -0.113. The van der Waals surface area contributed by atoms with E-state index in [9.17, 15) is 4.79 Å². The maximum Gasteiger partial charge on any atom is 0.275 e. The predicted octanol–water partition coefficient (Wildman–Crippen LogP) is 3.80. The molecule has 146 valence electrons. The number of aryl methyl sites for hydroxylation is 1. The lowest BCUT2D eigenvalue weighted by molar-refractivity contribution is -0.117. The lowest BCUT2D eigenvalue weighted by Crippen LogP contribution is -2.24. The number of aromatic nitrogens is 4. The van der Waals surface area contributed by atoms with Crippen molar-refractivity contribution in [3.05, 3.63) is 60.1 Å². The van der Waals surface area contributed by atoms with Crippen molar-refractivity contribution in [1.82, 2.24) is 20.3 Å². The summed E-state index contributed by atoms with van der Waals surface area (Å²) < 4.78 is 10.8. The molecule has 1 unspecified atom stereocenters. The van der Waals surface area contributed by atoms with Gasteiger partial charge in [0.05, 0.1) is 6.26 Å². The number of amides is 1. The Morgan fingerprint density at radius 3 is 2.86 bits per heavy atom. The second-order valence-corrected chi connectivity index (χ2v) is 7.03. The SMILES string of the molecule is CCc1ccc(N2CC(c3noc(-c4cc(-c5ccco5)n[nH]4)n3)CC2=O)cc1. The number of furan rings is 1. The van der Waals surface area contributed by atoms with Gasteiger partial charge >= 0.3 is 0 Å². The number of hydrogen-bond acceptors (Lipinski definition) is 6. The second kappa shape index (κ2) is 7.05. The highest BCUT2D eigenvalue weighted by Gasteiger charge is 2.34. The van der Waals surface area contributed by atoms with Crippen molar-refractivity contribution in [2.45, 2.75) is 25.7 Å². The maximum atomic E-state index is 12.5. The number of nitrogens with zero attached hydrogens (tertiary/aromatic N) is 4. The molecule has 0 bridgehead atoms. The molecule has 0 aliphatic carbocycles. The van der Waals surface area contributed by atoms with Crippen molar-refractivity contribution in [1.29, 1.82) is 0 Å². The van der Waals surface area contributed by atoms with Gasteiger partial charge in [-0.25, -0.2) is 0 Å². The van der Waals surface area contributed by atoms with Gasteiger partial charge in [-0.2, -0.15) is 10.1 Å². The van der Waals surface area contributed by atoms with Crippen LogP contribution in [0.5, 0.6) is 0 Å². The molecule has 1 aliphatic rings. The fourth-order valence-electron chi connectivity index (χ4n) is 3.53. The van der Waals surface area contributed by atoms with Crippen LogP contribution < -0.4 is 4.90 Å². The van der Waals surface area contributed by atoms with Gasteiger partial charge in [0, 0.05) is 30.6 Å². The summed E-state index contributed by atoms with van der Waals surface area (Å²) in [7, 11) is 0. The van der Waals surface area contributed by atoms with Crippen molar-refractivity contribution < 1.29 is 13.7 Å². The number of aromatic amines is 1. The summed E-state index contributed by atoms with van der Waals surface area (Å²) in [6.07, 6.45) is 2.92. The van der Waals surface area contributed by atoms with E-state index in [2.05, 4.69) is 39.4 Å². The van der Waals surface area contributed by atoms with Crippen LogP contribution in [0.25, 0.3) is 23.0 Å². The lowest BCUT2D eigenvalue weighted by Gasteiger charge is -2.16. The first kappa shape index (κ1) is 17.4. The van der Waals surface area contributed by atoms with Crippen LogP contribution in [0.1, 0.15) is 30.7 Å². The van der Waals surface area contributed by atoms with Crippen LogP contribution in [0.15, 0.2) is 57.7 Å². The Labute approximate surface area is 166 Å². The van der Waals surface area contributed by atoms with Crippen molar-refractivity contribution in [3.63, 3.8) is 0 Å². The third kappa shape index (κ3) is 3.22. The first-order chi connectivity index (χ1) is 14.2. The van der Waals surface area contributed by atoms with Crippen molar-refractivity contribution in [3.8, 4) is 23.0 Å². The number of rotatable bonds is 5. The van der Waals surface area contributed by atoms with Crippen LogP contribution in [-0.2, 0) is 11.2 Å². The van der Waals surface area contributed by atoms with Gasteiger partial charge in [0.15, 0.2) is 11.6 Å². The van der Waals surface area contributed by atoms with E-state index in [1.807, 2.05) is 18.2 Å². The molecule has 1 aliphatic heterocycles. The number of carbonyl (C=O) groups excluding carboxylic acids is 1. The molecule has 1 saturated heterocycles. The number of H-pyrrole nitrogens is 1. The molecule has 0 spiro atoms. The number of nitrogens with one attached hydrogen (secondary N) is 1. The highest BCUT2D eigenvalue weighted by molar-refractivity contribution is 5.96. The first-order valence-corrected chi connectivity index (χ1v) is 9.54. The van der Waals surface area contributed by atoms with E-state index in [0.29, 0.717) is 41.8 Å². The number of carbonyl (C=O) groups is 1. The zero-order valence-corrected chi connectivity index (χ0v) is 15.8. The van der Waals surface area contributed by atoms with E-state index in [1.54, 1.807) is 23.3 Å². The smallest absolute Gasteiger partial charge is 0.275 e. The predicted molar refractivity (Wildman–Crippen MR) is 105 cm³/mol. The van der Waals surface area contributed by atoms with Crippen LogP contribution in [0.4, 0.5) is 5.69 Å². The summed E-state index contributed by atoms with van der Waals surface area (Å²) in [4.78, 5) is 18.8. The van der Waals surface area contributed by atoms with E-state index >= 15 is 0 Å². The number of benzene rings is 1. The lowest BCUT2D eigenvalue weighted by atomic mass is 10.1. The van der Waals surface area contributed by atoms with Gasteiger partial charge in [0.25, 0.3) is 5.89 Å². The fraction of sp³-hybridized carbons (Fsp3) is 0.238. The molecule has 1 atom stereocenters. The largest absolute Gasteiger partial charge is 0.463 e. The van der Waals surface area contributed by atoms with Gasteiger partial charge in [0.2, 0.25) is 5.91 Å². The Kier molecular flexibility index (Phi) is 4.23. The minimum Gasteiger partial charge on any atom is -0.463 e. The highest BCUT2D eigenvalue weighted by Crippen LogP contribution is 2.32. The normalized spacial score (nSPS) is 16.7. The molecule has 4 aromatic rings. The summed E-state index contributed by atoms with van der Waals surface area (Å²) in [6, 6.07) is 13.5. The molecule has 3 aromatic heterocycles. The summed E-state index contributed by atoms with van der Waals surface area (Å²) >= 11 is 0. The van der Waals surface area contributed by atoms with Gasteiger partial charge < -0.3 is 13.8 Å². The maximum absolute atomic E-state index is 12.5. The standard InChI is InChI=1S/C21H19N5O3/c1-2-13-5-7-15(8-6-13)26-12-14(10-19(26)27)20-22-21(29-25-20)17-11-16(23-24-17)18-4-3-9-28-18/h3-9,11,14H,2,10,12H2,1H3,(H,23,24). The molecule has 1 aromatic carbocycles. The Bertz CT molecular complexity index is 1130. The molecule has 1 N–H and O–H groups in total. The molecular formula is C21H19N5O3. The third-order valence-corrected chi connectivity index (χ3v) is 5.17. The zero-order valence-electron chi connectivity index (χ0n) is 15.8. The molecule has 0 saturated carbocycles. The van der Waals surface area contributed by atoms with E-state index < -0.39 is 0 Å². The molecule has 1 amide bonds. The molecule has 29 heavy (non-hydrogen) atoms. The van der Waals surface area contributed by atoms with Crippen LogP contribution in [0, 0.1) is 0 Å². The summed E-state index contributed by atoms with van der Waals surface area (Å²) in [5, 5.41) is 11.2. The van der Waals surface area contributed by atoms with E-state index in [1.165, 1.54) is 5.56 Å². The molecule has 8 nitrogen and oxygen atoms in total. The zero-order chi connectivity index (χ0) is 19.8. The van der Waals surface area contributed by atoms with Crippen LogP contribution in [-0.4, -0.2) is 32.8 Å². The topological polar surface area (TPSA) is 101 Å². The van der Waals surface area contributed by atoms with E-state index in [4.69, 9.17) is 8.94 Å². The third-order valence-electron chi connectivity index (χ3n) is 5.17. The molecule has 4 heterocycles. The molecule has 0 radical (unpaired) electrons. The van der Waals surface area contributed by atoms with Crippen molar-refractivity contribution in [2.24, 2.45) is 0 Å². The second-order valence-electron chi connectivity index (χ2n) is 7.03. The van der Waals surface area contributed by atoms with E-state index in [0.717, 1.165) is 12.1 Å². The Balaban J connectivity index is 1.33. The molecule has 8 heteroatoms. The van der Waals surface area contributed by atoms with E-state index in [-0.39, 0.29) is 11.8 Å². The number of hydrogen-bond donors (Lipinski definition) is 1. The fourth-order valence-corrected chi connectivity index (χ4v) is 3.53. The van der Waals surface area contributed by atoms with Crippen LogP contribution in [0.3, 0.4) is 0 Å². The average molecular weight is 389 g/mol. The van der Waals surface area contributed by atoms with Gasteiger partial charge in [-0.3, -0.25) is 9.89 Å². The van der Waals surface area contributed by atoms with Crippen LogP contribution in [0.2, 0.25) is 0 Å². The quantitative estimate of drug-likeness (QED) is 0.557. The summed E-state index contributed by atoms with van der Waals surface area (Å²) in [5.74, 6) is 1.46. The Hall–Kier alpha value is -3.68. The first-order valence-electron chi connectivity index (χ1n) is 9.54. The Morgan fingerprint density at radius 1 is 1.24 bits per heavy atom. The highest BCUT2D eigenvalue weighted by atomic mass is 16.5. The van der Waals surface area contributed by atoms with Gasteiger partial charge in [-0.05, 0) is 36.2 Å². The van der Waals surface area contributed by atoms with Gasteiger partial charge in [0.1, 0.15) is 11.4 Å². The monoisotopic (exact) mass is 389 g/mol. The molecular weight excluding hydrogens is 370 g/mol. The summed E-state index contributed by atoms with van der Waals surface area (Å²) in [5.41, 5.74) is 3.40. The van der Waals surface area contributed by atoms with Gasteiger partial charge in [-0.1, -0.05) is 24.2 Å². The van der Waals surface area contributed by atoms with Crippen molar-refractivity contribution >= 4 is 11.6 Å². The van der Waals surface area contributed by atoms with Crippen molar-refractivity contribution in [2.75, 3.05) is 11.4 Å². The van der Waals surface area contributed by atoms with Gasteiger partial charge in [-0.15, -0.1) is 0 Å². The summed E-state index contributed by atoms with van der Waals surface area (Å²) in [6.45, 7) is 2.64. The number of anilines is 1. The minimum absolute atomic E-state index is 0.0623. The Morgan fingerprint density at radius 2 is 2.10 bits per heavy atom. The van der Waals surface area contributed by atoms with Crippen LogP contribution >= 0.6 is 0 Å².